The van der Waals surface area contributed by atoms with Gasteiger partial charge in [-0.15, -0.1) is 0 Å². The van der Waals surface area contributed by atoms with Gasteiger partial charge in [0.15, 0.2) is 0 Å². The summed E-state index contributed by atoms with van der Waals surface area (Å²) in [5.41, 5.74) is 0.949. The van der Waals surface area contributed by atoms with Crippen LogP contribution in [0.25, 0.3) is 0 Å². The minimum absolute atomic E-state index is 0.00582. The SMILES string of the molecule is O=C(CN(Cc1ccccc1Cl)S(=O)(=O)c1ccc(Cl)cc1)Nc1ccc(Cl)c(Cl)c1. The highest BCUT2D eigenvalue weighted by atomic mass is 35.5. The molecule has 0 radical (unpaired) electrons. The second-order valence-electron chi connectivity index (χ2n) is 6.50. The molecule has 31 heavy (non-hydrogen) atoms. The molecule has 0 bridgehead atoms. The molecule has 0 aromatic heterocycles. The van der Waals surface area contributed by atoms with E-state index >= 15 is 0 Å². The van der Waals surface area contributed by atoms with E-state index in [1.807, 2.05) is 0 Å². The van der Waals surface area contributed by atoms with Gasteiger partial charge in [0.1, 0.15) is 0 Å². The standard InChI is InChI=1S/C21H16Cl4N2O3S/c22-15-5-8-17(9-6-15)31(29,30)27(12-14-3-1-2-4-18(14)23)13-21(28)26-16-7-10-19(24)20(25)11-16/h1-11H,12-13H2,(H,26,28). The molecule has 0 heterocycles. The zero-order valence-corrected chi connectivity index (χ0v) is 19.7. The number of hydrogen-bond acceptors (Lipinski definition) is 3. The van der Waals surface area contributed by atoms with Crippen LogP contribution >= 0.6 is 46.4 Å². The maximum absolute atomic E-state index is 13.3. The van der Waals surface area contributed by atoms with Gasteiger partial charge in [0.05, 0.1) is 21.5 Å². The summed E-state index contributed by atoms with van der Waals surface area (Å²) >= 11 is 24.0. The Kier molecular flexibility index (Phi) is 7.86. The van der Waals surface area contributed by atoms with Gasteiger partial charge in [-0.1, -0.05) is 64.6 Å². The van der Waals surface area contributed by atoms with E-state index in [0.29, 0.717) is 26.3 Å². The molecule has 3 aromatic rings. The second kappa shape index (κ2) is 10.2. The first-order valence-electron chi connectivity index (χ1n) is 8.91. The van der Waals surface area contributed by atoms with Crippen molar-refractivity contribution in [2.24, 2.45) is 0 Å². The summed E-state index contributed by atoms with van der Waals surface area (Å²) in [6, 6.07) is 17.1. The molecule has 10 heteroatoms. The van der Waals surface area contributed by atoms with Crippen LogP contribution in [-0.4, -0.2) is 25.2 Å². The smallest absolute Gasteiger partial charge is 0.243 e. The molecule has 162 valence electrons. The highest BCUT2D eigenvalue weighted by molar-refractivity contribution is 7.89. The molecule has 0 fully saturated rings. The number of halogens is 4. The molecule has 0 saturated heterocycles. The van der Waals surface area contributed by atoms with Gasteiger partial charge in [-0.2, -0.15) is 4.31 Å². The van der Waals surface area contributed by atoms with Gasteiger partial charge in [-0.25, -0.2) is 8.42 Å². The Morgan fingerprint density at radius 2 is 1.52 bits per heavy atom. The Morgan fingerprint density at radius 3 is 2.16 bits per heavy atom. The van der Waals surface area contributed by atoms with Crippen molar-refractivity contribution in [3.63, 3.8) is 0 Å². The molecule has 1 N–H and O–H groups in total. The molecule has 0 atom stereocenters. The van der Waals surface area contributed by atoms with E-state index in [1.54, 1.807) is 30.3 Å². The van der Waals surface area contributed by atoms with Crippen molar-refractivity contribution < 1.29 is 13.2 Å². The maximum atomic E-state index is 13.3. The van der Waals surface area contributed by atoms with Crippen LogP contribution < -0.4 is 5.32 Å². The van der Waals surface area contributed by atoms with Crippen molar-refractivity contribution in [2.75, 3.05) is 11.9 Å². The Bertz CT molecular complexity index is 1200. The number of nitrogens with one attached hydrogen (secondary N) is 1. The minimum atomic E-state index is -4.03. The predicted octanol–water partition coefficient (Wildman–Crippen LogP) is 6.13. The summed E-state index contributed by atoms with van der Waals surface area (Å²) < 4.78 is 27.6. The highest BCUT2D eigenvalue weighted by Gasteiger charge is 2.27. The average molecular weight is 518 g/mol. The van der Waals surface area contributed by atoms with Gasteiger partial charge in [0.25, 0.3) is 0 Å². The number of hydrogen-bond donors (Lipinski definition) is 1. The quantitative estimate of drug-likeness (QED) is 0.410. The van der Waals surface area contributed by atoms with Crippen molar-refractivity contribution in [2.45, 2.75) is 11.4 Å². The first-order chi connectivity index (χ1) is 14.7. The number of benzene rings is 3. The van der Waals surface area contributed by atoms with Crippen LogP contribution in [0.15, 0.2) is 71.6 Å². The number of nitrogens with zero attached hydrogens (tertiary/aromatic N) is 1. The second-order valence-corrected chi connectivity index (χ2v) is 10.1. The molecule has 0 aliphatic rings. The van der Waals surface area contributed by atoms with Gasteiger partial charge in [0.2, 0.25) is 15.9 Å². The molecular formula is C21H16Cl4N2O3S. The molecule has 1 amide bonds. The largest absolute Gasteiger partial charge is 0.325 e. The summed E-state index contributed by atoms with van der Waals surface area (Å²) in [6.45, 7) is -0.546. The van der Waals surface area contributed by atoms with E-state index in [2.05, 4.69) is 5.32 Å². The van der Waals surface area contributed by atoms with E-state index in [0.717, 1.165) is 4.31 Å². The lowest BCUT2D eigenvalue weighted by Crippen LogP contribution is -2.37. The fourth-order valence-corrected chi connectivity index (χ4v) is 4.73. The Hall–Kier alpha value is -1.80. The third-order valence-corrected chi connectivity index (χ3v) is 7.44. The minimum Gasteiger partial charge on any atom is -0.325 e. The molecule has 0 aliphatic heterocycles. The summed E-state index contributed by atoms with van der Waals surface area (Å²) in [7, 11) is -4.03. The van der Waals surface area contributed by atoms with Crippen LogP contribution in [0.2, 0.25) is 20.1 Å². The summed E-state index contributed by atoms with van der Waals surface area (Å²) in [5, 5.41) is 4.02. The van der Waals surface area contributed by atoms with Crippen molar-refractivity contribution in [1.29, 1.82) is 0 Å². The Labute approximate surface area is 200 Å². The number of rotatable bonds is 7. The lowest BCUT2D eigenvalue weighted by Gasteiger charge is -2.22. The normalized spacial score (nSPS) is 11.5. The Balaban J connectivity index is 1.89. The third-order valence-electron chi connectivity index (χ3n) is 4.28. The van der Waals surface area contributed by atoms with Gasteiger partial charge in [-0.3, -0.25) is 4.79 Å². The van der Waals surface area contributed by atoms with Crippen LogP contribution in [-0.2, 0) is 21.4 Å². The number of carbonyl (C=O) groups excluding carboxylic acids is 1. The zero-order chi connectivity index (χ0) is 22.6. The number of amides is 1. The number of sulfonamides is 1. The summed E-state index contributed by atoms with van der Waals surface area (Å²) in [4.78, 5) is 12.7. The maximum Gasteiger partial charge on any atom is 0.243 e. The predicted molar refractivity (Wildman–Crippen MR) is 126 cm³/mol. The monoisotopic (exact) mass is 516 g/mol. The van der Waals surface area contributed by atoms with Crippen LogP contribution in [0.5, 0.6) is 0 Å². The fraction of sp³-hybridized carbons (Fsp3) is 0.0952. The molecule has 3 rings (SSSR count). The molecule has 0 saturated carbocycles. The molecule has 5 nitrogen and oxygen atoms in total. The number of anilines is 1. The van der Waals surface area contributed by atoms with Crippen LogP contribution in [0.4, 0.5) is 5.69 Å². The summed E-state index contributed by atoms with van der Waals surface area (Å²) in [5.74, 6) is -0.553. The van der Waals surface area contributed by atoms with Crippen molar-refractivity contribution in [3.8, 4) is 0 Å². The van der Waals surface area contributed by atoms with E-state index in [1.165, 1.54) is 36.4 Å². The van der Waals surface area contributed by atoms with E-state index in [-0.39, 0.29) is 16.5 Å². The topological polar surface area (TPSA) is 66.5 Å². The fourth-order valence-electron chi connectivity index (χ4n) is 2.73. The van der Waals surface area contributed by atoms with Crippen molar-refractivity contribution in [1.82, 2.24) is 4.31 Å². The molecule has 0 aliphatic carbocycles. The van der Waals surface area contributed by atoms with Crippen molar-refractivity contribution in [3.05, 3.63) is 92.4 Å². The Morgan fingerprint density at radius 1 is 0.839 bits per heavy atom. The van der Waals surface area contributed by atoms with Crippen LogP contribution in [0, 0.1) is 0 Å². The average Bonchev–Trinajstić information content (AvgIpc) is 2.72. The first kappa shape index (κ1) is 23.9. The highest BCUT2D eigenvalue weighted by Crippen LogP contribution is 2.26. The zero-order valence-electron chi connectivity index (χ0n) is 15.9. The lowest BCUT2D eigenvalue weighted by atomic mass is 10.2. The van der Waals surface area contributed by atoms with Crippen molar-refractivity contribution >= 4 is 68.0 Å². The lowest BCUT2D eigenvalue weighted by molar-refractivity contribution is -0.116. The van der Waals surface area contributed by atoms with Gasteiger partial charge >= 0.3 is 0 Å². The molecule has 3 aromatic carbocycles. The molecule has 0 spiro atoms. The van der Waals surface area contributed by atoms with Gasteiger partial charge in [0, 0.05) is 22.3 Å². The van der Waals surface area contributed by atoms with Gasteiger partial charge in [-0.05, 0) is 54.1 Å². The molecule has 0 unspecified atom stereocenters. The van der Waals surface area contributed by atoms with E-state index in [9.17, 15) is 13.2 Å². The van der Waals surface area contributed by atoms with Gasteiger partial charge < -0.3 is 5.32 Å². The molecular weight excluding hydrogens is 502 g/mol. The van der Waals surface area contributed by atoms with Crippen LogP contribution in [0.3, 0.4) is 0 Å². The van der Waals surface area contributed by atoms with E-state index < -0.39 is 22.5 Å². The summed E-state index contributed by atoms with van der Waals surface area (Å²) in [6.07, 6.45) is 0. The first-order valence-corrected chi connectivity index (χ1v) is 11.9. The van der Waals surface area contributed by atoms with Crippen LogP contribution in [0.1, 0.15) is 5.56 Å². The number of carbonyl (C=O) groups is 1. The van der Waals surface area contributed by atoms with E-state index in [4.69, 9.17) is 46.4 Å². The third kappa shape index (κ3) is 6.13.